The van der Waals surface area contributed by atoms with Gasteiger partial charge >= 0.3 is 30.9 Å². The van der Waals surface area contributed by atoms with Gasteiger partial charge in [0.2, 0.25) is 0 Å². The third kappa shape index (κ3) is 6.95. The van der Waals surface area contributed by atoms with Gasteiger partial charge in [0.15, 0.2) is 0 Å². The Morgan fingerprint density at radius 3 is 0.688 bits per heavy atom. The van der Waals surface area contributed by atoms with Gasteiger partial charge < -0.3 is 18.5 Å². The molecule has 0 rings (SSSR count). The molecular formula is H12N4O9S3. The lowest BCUT2D eigenvalue weighted by atomic mass is 13.8. The van der Waals surface area contributed by atoms with Gasteiger partial charge in [-0.1, -0.05) is 0 Å². The van der Waals surface area contributed by atoms with Crippen LogP contribution in [-0.4, -0.2) is 42.0 Å². The maximum Gasteiger partial charge on any atom is 0.366 e. The van der Waals surface area contributed by atoms with Crippen molar-refractivity contribution in [1.82, 2.24) is 21.6 Å². The van der Waals surface area contributed by atoms with E-state index in [1.807, 2.05) is 0 Å². The first-order chi connectivity index (χ1) is 5.37. The fraction of sp³-hybridized carbons (Fsp3) is 0. The van der Waals surface area contributed by atoms with Crippen molar-refractivity contribution < 1.29 is 38.9 Å². The van der Waals surface area contributed by atoms with Gasteiger partial charge in [-0.3, -0.25) is 13.7 Å². The van der Waals surface area contributed by atoms with Crippen LogP contribution in [0, 0.1) is 0 Å². The molecule has 13 nitrogen and oxygen atoms in total. The minimum Gasteiger partial charge on any atom is -0.344 e. The molecule has 104 valence electrons. The highest BCUT2D eigenvalue weighted by atomic mass is 32.4. The fourth-order valence-corrected chi connectivity index (χ4v) is 3.21. The lowest BCUT2D eigenvalue weighted by molar-refractivity contribution is 0.398. The molecule has 0 aliphatic rings. The van der Waals surface area contributed by atoms with Crippen molar-refractivity contribution in [3.8, 4) is 0 Å². The average molecular weight is 308 g/mol. The summed E-state index contributed by atoms with van der Waals surface area (Å²) in [7, 11) is -17.5. The summed E-state index contributed by atoms with van der Waals surface area (Å²) in [4.78, 5) is 0. The van der Waals surface area contributed by atoms with Crippen LogP contribution in [0.25, 0.3) is 0 Å². The first-order valence-corrected chi connectivity index (χ1v) is 6.29. The molecule has 0 saturated heterocycles. The summed E-state index contributed by atoms with van der Waals surface area (Å²) in [6.45, 7) is 0. The zero-order valence-electron chi connectivity index (χ0n) is 7.58. The second kappa shape index (κ2) is 6.34. The third-order valence-electron chi connectivity index (χ3n) is 0.565. The van der Waals surface area contributed by atoms with Gasteiger partial charge in [-0.05, 0) is 0 Å². The molecule has 12 N–H and O–H groups in total. The van der Waals surface area contributed by atoms with E-state index in [0.29, 0.717) is 0 Å². The van der Waals surface area contributed by atoms with Crippen LogP contribution in [0.5, 0.6) is 0 Å². The van der Waals surface area contributed by atoms with Crippen LogP contribution in [0.15, 0.2) is 0 Å². The zero-order valence-corrected chi connectivity index (χ0v) is 10.0. The summed E-state index contributed by atoms with van der Waals surface area (Å²) >= 11 is 0. The van der Waals surface area contributed by atoms with Gasteiger partial charge in [-0.25, -0.2) is 0 Å². The van der Waals surface area contributed by atoms with E-state index in [1.54, 1.807) is 0 Å². The molecule has 0 aliphatic heterocycles. The molecule has 0 aromatic carbocycles. The van der Waals surface area contributed by atoms with Crippen LogP contribution < -0.4 is 18.5 Å². The molecule has 0 aliphatic carbocycles. The van der Waals surface area contributed by atoms with Crippen LogP contribution in [0.2, 0.25) is 0 Å². The number of rotatable bonds is 3. The van der Waals surface area contributed by atoms with E-state index in [0.717, 1.165) is 0 Å². The smallest absolute Gasteiger partial charge is 0.344 e. The van der Waals surface area contributed by atoms with Gasteiger partial charge in [0.25, 0.3) is 0 Å². The molecule has 16 heteroatoms. The monoisotopic (exact) mass is 308 g/mol. The van der Waals surface area contributed by atoms with E-state index < -0.39 is 34.0 Å². The Labute approximate surface area is 91.8 Å². The standard InChI is InChI=1S/H3NO9S3.3H3N/c2-11(3,4)1(12(5,6)7)13(8,9)10;;;/h(H,2,3,4)(H,5,6,7)(H,8,9,10);3*1H3. The second-order valence-electron chi connectivity index (χ2n) is 1.57. The van der Waals surface area contributed by atoms with Crippen molar-refractivity contribution in [2.24, 2.45) is 0 Å². The molecule has 0 saturated carbocycles. The summed E-state index contributed by atoms with van der Waals surface area (Å²) in [6.07, 6.45) is 0. The first-order valence-electron chi connectivity index (χ1n) is 2.10. The summed E-state index contributed by atoms with van der Waals surface area (Å²) < 4.78 is 82.2. The van der Waals surface area contributed by atoms with E-state index >= 15 is 0 Å². The molecular weight excluding hydrogens is 296 g/mol. The van der Waals surface area contributed by atoms with Crippen molar-refractivity contribution in [3.63, 3.8) is 0 Å². The molecule has 0 atom stereocenters. The Hall–Kier alpha value is -0.430. The van der Waals surface area contributed by atoms with Crippen LogP contribution >= 0.6 is 0 Å². The van der Waals surface area contributed by atoms with Gasteiger partial charge in [-0.15, -0.1) is 0 Å². The predicted molar refractivity (Wildman–Crippen MR) is 51.6 cm³/mol. The number of hydrogen-bond donors (Lipinski definition) is 6. The highest BCUT2D eigenvalue weighted by Crippen LogP contribution is 2.09. The minimum atomic E-state index is -5.82. The SMILES string of the molecule is N.N.N.O=S(=O)(O)N(S(=O)(=O)O)S(=O)(=O)O. The first kappa shape index (κ1) is 24.7. The van der Waals surface area contributed by atoms with Crippen molar-refractivity contribution in [3.05, 3.63) is 0 Å². The van der Waals surface area contributed by atoms with E-state index in [9.17, 15) is 25.3 Å². The molecule has 0 unspecified atom stereocenters. The van der Waals surface area contributed by atoms with Crippen molar-refractivity contribution in [1.29, 1.82) is 0 Å². The Morgan fingerprint density at radius 2 is 0.688 bits per heavy atom. The zero-order chi connectivity index (χ0) is 11.1. The maximum atomic E-state index is 10.0. The van der Waals surface area contributed by atoms with Gasteiger partial charge in [-0.2, -0.15) is 25.3 Å². The summed E-state index contributed by atoms with van der Waals surface area (Å²) in [5.74, 6) is 0. The molecule has 0 bridgehead atoms. The van der Waals surface area contributed by atoms with Gasteiger partial charge in [0.1, 0.15) is 0 Å². The Morgan fingerprint density at radius 1 is 0.562 bits per heavy atom. The quantitative estimate of drug-likeness (QED) is 0.314. The van der Waals surface area contributed by atoms with Crippen LogP contribution in [-0.2, 0) is 30.9 Å². The molecule has 0 heterocycles. The minimum absolute atomic E-state index is 0. The second-order valence-corrected chi connectivity index (χ2v) is 6.04. The summed E-state index contributed by atoms with van der Waals surface area (Å²) in [5.41, 5.74) is 0. The van der Waals surface area contributed by atoms with Gasteiger partial charge in [0, 0.05) is 0 Å². The molecule has 0 radical (unpaired) electrons. The highest BCUT2D eigenvalue weighted by Gasteiger charge is 2.42. The van der Waals surface area contributed by atoms with E-state index in [4.69, 9.17) is 13.7 Å². The topological polar surface area (TPSA) is 271 Å². The average Bonchev–Trinajstić information content (AvgIpc) is 1.44. The van der Waals surface area contributed by atoms with Crippen molar-refractivity contribution in [2.75, 3.05) is 0 Å². The maximum absolute atomic E-state index is 10.0. The lowest BCUT2D eigenvalue weighted by Gasteiger charge is -2.09. The summed E-state index contributed by atoms with van der Waals surface area (Å²) in [6, 6.07) is 0. The molecule has 16 heavy (non-hydrogen) atoms. The number of nitrogens with zero attached hydrogens (tertiary/aromatic N) is 1. The molecule has 0 fully saturated rings. The lowest BCUT2D eigenvalue weighted by Crippen LogP contribution is -2.40. The Balaban J connectivity index is -0.000000240. The Kier molecular flexibility index (Phi) is 9.79. The van der Waals surface area contributed by atoms with Crippen LogP contribution in [0.1, 0.15) is 0 Å². The summed E-state index contributed by atoms with van der Waals surface area (Å²) in [5, 5.41) is 0. The molecule has 0 aromatic rings. The van der Waals surface area contributed by atoms with Crippen molar-refractivity contribution >= 4 is 30.9 Å². The van der Waals surface area contributed by atoms with E-state index in [2.05, 4.69) is 0 Å². The predicted octanol–water partition coefficient (Wildman–Crippen LogP) is -1.82. The van der Waals surface area contributed by atoms with E-state index in [-0.39, 0.29) is 18.5 Å². The molecule has 0 spiro atoms. The third-order valence-corrected chi connectivity index (χ3v) is 5.09. The normalized spacial score (nSPS) is 12.0. The van der Waals surface area contributed by atoms with Crippen LogP contribution in [0.3, 0.4) is 0 Å². The molecule has 0 amide bonds. The highest BCUT2D eigenvalue weighted by molar-refractivity contribution is 8.12. The molecule has 0 aromatic heterocycles. The number of hydrogen-bond acceptors (Lipinski definition) is 9. The Bertz CT molecular complexity index is 405. The van der Waals surface area contributed by atoms with Crippen LogP contribution in [0.4, 0.5) is 0 Å². The van der Waals surface area contributed by atoms with Crippen molar-refractivity contribution in [2.45, 2.75) is 0 Å². The van der Waals surface area contributed by atoms with E-state index in [1.165, 1.54) is 0 Å². The fourth-order valence-electron chi connectivity index (χ4n) is 0.357. The van der Waals surface area contributed by atoms with Gasteiger partial charge in [0.05, 0.1) is 3.12 Å². The largest absolute Gasteiger partial charge is 0.366 e.